The largest absolute Gasteiger partial charge is 0.328 e. The van der Waals surface area contributed by atoms with E-state index < -0.39 is 0 Å². The molecule has 0 amide bonds. The number of hydrogen-bond donors (Lipinski definition) is 1. The van der Waals surface area contributed by atoms with E-state index in [1.165, 1.54) is 6.42 Å². The van der Waals surface area contributed by atoms with Crippen LogP contribution in [-0.4, -0.2) is 19.3 Å². The Labute approximate surface area is 119 Å². The number of aryl methyl sites for hydroxylation is 2. The average molecular weight is 280 g/mol. The zero-order valence-electron chi connectivity index (χ0n) is 12.5. The van der Waals surface area contributed by atoms with Crippen LogP contribution in [0.5, 0.6) is 0 Å². The van der Waals surface area contributed by atoms with Gasteiger partial charge in [0.05, 0.1) is 5.69 Å². The van der Waals surface area contributed by atoms with Crippen LogP contribution in [0.15, 0.2) is 0 Å². The molecule has 1 N–H and O–H groups in total. The standard InChI is InChI=1S/C14H24N4S/c1-6-9(3)8-10(4)18-13-12(15-14(18)19)11(5)16-17(13)7-2/h9-10H,6-8H2,1-5H3,(H,15,19). The number of nitrogens with zero attached hydrogens (tertiary/aromatic N) is 3. The molecule has 0 saturated carbocycles. The van der Waals surface area contributed by atoms with Gasteiger partial charge in [-0.15, -0.1) is 0 Å². The number of nitrogens with one attached hydrogen (secondary N) is 1. The molecule has 0 fully saturated rings. The first-order valence-electron chi connectivity index (χ1n) is 7.17. The van der Waals surface area contributed by atoms with Crippen molar-refractivity contribution in [2.75, 3.05) is 0 Å². The minimum Gasteiger partial charge on any atom is -0.328 e. The fourth-order valence-corrected chi connectivity index (χ4v) is 3.08. The molecule has 0 aliphatic carbocycles. The summed E-state index contributed by atoms with van der Waals surface area (Å²) in [6.45, 7) is 11.8. The minimum absolute atomic E-state index is 0.401. The van der Waals surface area contributed by atoms with Gasteiger partial charge in [0.2, 0.25) is 0 Å². The van der Waals surface area contributed by atoms with E-state index in [-0.39, 0.29) is 0 Å². The number of aromatic nitrogens is 4. The molecule has 2 unspecified atom stereocenters. The summed E-state index contributed by atoms with van der Waals surface area (Å²) in [4.78, 5) is 3.32. The molecule has 4 nitrogen and oxygen atoms in total. The lowest BCUT2D eigenvalue weighted by Crippen LogP contribution is -2.12. The number of fused-ring (bicyclic) bond motifs is 1. The molecule has 0 saturated heterocycles. The minimum atomic E-state index is 0.401. The fraction of sp³-hybridized carbons (Fsp3) is 0.714. The van der Waals surface area contributed by atoms with Crippen LogP contribution in [0.2, 0.25) is 0 Å². The SMILES string of the molecule is CCC(C)CC(C)n1c(=S)[nH]c2c(C)nn(CC)c21. The molecule has 2 atom stereocenters. The van der Waals surface area contributed by atoms with Crippen LogP contribution < -0.4 is 0 Å². The molecule has 0 bridgehead atoms. The highest BCUT2D eigenvalue weighted by molar-refractivity contribution is 7.71. The van der Waals surface area contributed by atoms with Crippen LogP contribution >= 0.6 is 12.2 Å². The van der Waals surface area contributed by atoms with Crippen molar-refractivity contribution < 1.29 is 0 Å². The van der Waals surface area contributed by atoms with E-state index in [0.717, 1.165) is 34.6 Å². The van der Waals surface area contributed by atoms with Gasteiger partial charge < -0.3 is 4.98 Å². The summed E-state index contributed by atoms with van der Waals surface area (Å²) >= 11 is 5.51. The lowest BCUT2D eigenvalue weighted by atomic mass is 10.0. The Hall–Kier alpha value is -1.10. The maximum absolute atomic E-state index is 5.51. The van der Waals surface area contributed by atoms with Gasteiger partial charge in [-0.25, -0.2) is 4.68 Å². The maximum atomic E-state index is 5.51. The Kier molecular flexibility index (Phi) is 4.13. The Balaban J connectivity index is 2.52. The Bertz CT molecular complexity index is 619. The summed E-state index contributed by atoms with van der Waals surface area (Å²) in [7, 11) is 0. The van der Waals surface area contributed by atoms with Gasteiger partial charge >= 0.3 is 0 Å². The maximum Gasteiger partial charge on any atom is 0.179 e. The zero-order valence-corrected chi connectivity index (χ0v) is 13.3. The van der Waals surface area contributed by atoms with Crippen LogP contribution in [0.3, 0.4) is 0 Å². The van der Waals surface area contributed by atoms with Gasteiger partial charge in [-0.2, -0.15) is 5.10 Å². The summed E-state index contributed by atoms with van der Waals surface area (Å²) in [6.07, 6.45) is 2.35. The lowest BCUT2D eigenvalue weighted by Gasteiger charge is -2.18. The van der Waals surface area contributed by atoms with Crippen molar-refractivity contribution in [1.29, 1.82) is 0 Å². The summed E-state index contributed by atoms with van der Waals surface area (Å²) < 4.78 is 5.10. The van der Waals surface area contributed by atoms with Crippen LogP contribution in [0.4, 0.5) is 0 Å². The quantitative estimate of drug-likeness (QED) is 0.833. The summed E-state index contributed by atoms with van der Waals surface area (Å²) in [5.74, 6) is 0.709. The first-order valence-corrected chi connectivity index (χ1v) is 7.57. The van der Waals surface area contributed by atoms with Gasteiger partial charge in [-0.1, -0.05) is 20.3 Å². The highest BCUT2D eigenvalue weighted by Gasteiger charge is 2.18. The van der Waals surface area contributed by atoms with Crippen molar-refractivity contribution in [2.24, 2.45) is 5.92 Å². The van der Waals surface area contributed by atoms with Crippen molar-refractivity contribution >= 4 is 23.4 Å². The van der Waals surface area contributed by atoms with Crippen LogP contribution in [-0.2, 0) is 6.54 Å². The van der Waals surface area contributed by atoms with E-state index in [1.54, 1.807) is 0 Å². The predicted molar refractivity (Wildman–Crippen MR) is 82.1 cm³/mol. The summed E-state index contributed by atoms with van der Waals surface area (Å²) in [5.41, 5.74) is 3.25. The fourth-order valence-electron chi connectivity index (χ4n) is 2.71. The molecule has 0 radical (unpaired) electrons. The van der Waals surface area contributed by atoms with Gasteiger partial charge in [-0.05, 0) is 45.3 Å². The van der Waals surface area contributed by atoms with Crippen molar-refractivity contribution in [3.63, 3.8) is 0 Å². The molecular formula is C14H24N4S. The number of rotatable bonds is 5. The van der Waals surface area contributed by atoms with Crippen molar-refractivity contribution in [3.05, 3.63) is 10.5 Å². The third-order valence-corrected chi connectivity index (χ3v) is 4.26. The molecule has 5 heteroatoms. The number of hydrogen-bond acceptors (Lipinski definition) is 2. The summed E-state index contributed by atoms with van der Waals surface area (Å²) in [5, 5.41) is 4.57. The lowest BCUT2D eigenvalue weighted by molar-refractivity contribution is 0.397. The second kappa shape index (κ2) is 5.49. The normalized spacial score (nSPS) is 15.0. The Morgan fingerprint density at radius 3 is 2.58 bits per heavy atom. The highest BCUT2D eigenvalue weighted by Crippen LogP contribution is 2.26. The third kappa shape index (κ3) is 2.48. The van der Waals surface area contributed by atoms with Crippen molar-refractivity contribution in [1.82, 2.24) is 19.3 Å². The molecule has 106 valence electrons. The van der Waals surface area contributed by atoms with Crippen molar-refractivity contribution in [3.8, 4) is 0 Å². The van der Waals surface area contributed by atoms with E-state index in [1.807, 2.05) is 11.6 Å². The zero-order chi connectivity index (χ0) is 14.2. The number of aromatic amines is 1. The number of H-pyrrole nitrogens is 1. The van der Waals surface area contributed by atoms with Gasteiger partial charge in [0.1, 0.15) is 5.52 Å². The van der Waals surface area contributed by atoms with E-state index in [4.69, 9.17) is 12.2 Å². The number of imidazole rings is 1. The molecule has 2 aromatic rings. The second-order valence-corrected chi connectivity index (χ2v) is 5.88. The van der Waals surface area contributed by atoms with E-state index in [2.05, 4.69) is 42.3 Å². The first kappa shape index (κ1) is 14.3. The monoisotopic (exact) mass is 280 g/mol. The Morgan fingerprint density at radius 1 is 1.32 bits per heavy atom. The van der Waals surface area contributed by atoms with Crippen LogP contribution in [0.25, 0.3) is 11.2 Å². The Morgan fingerprint density at radius 2 is 2.00 bits per heavy atom. The smallest absolute Gasteiger partial charge is 0.179 e. The highest BCUT2D eigenvalue weighted by atomic mass is 32.1. The van der Waals surface area contributed by atoms with Gasteiger partial charge in [0.25, 0.3) is 0 Å². The summed E-state index contributed by atoms with van der Waals surface area (Å²) in [6, 6.07) is 0.401. The molecule has 2 rings (SSSR count). The van der Waals surface area contributed by atoms with Crippen LogP contribution in [0.1, 0.15) is 52.3 Å². The van der Waals surface area contributed by atoms with E-state index in [9.17, 15) is 0 Å². The van der Waals surface area contributed by atoms with Gasteiger partial charge in [0, 0.05) is 12.6 Å². The van der Waals surface area contributed by atoms with Crippen LogP contribution in [0, 0.1) is 17.6 Å². The molecule has 2 aromatic heterocycles. The molecule has 0 aromatic carbocycles. The van der Waals surface area contributed by atoms with E-state index in [0.29, 0.717) is 12.0 Å². The molecular weight excluding hydrogens is 256 g/mol. The third-order valence-electron chi connectivity index (χ3n) is 3.96. The molecule has 0 spiro atoms. The predicted octanol–water partition coefficient (Wildman–Crippen LogP) is 4.22. The van der Waals surface area contributed by atoms with Gasteiger partial charge in [0.15, 0.2) is 10.4 Å². The molecule has 0 aliphatic rings. The average Bonchev–Trinajstić information content (AvgIpc) is 2.86. The molecule has 19 heavy (non-hydrogen) atoms. The van der Waals surface area contributed by atoms with Crippen molar-refractivity contribution in [2.45, 2.75) is 60.0 Å². The molecule has 0 aliphatic heterocycles. The molecule has 2 heterocycles. The van der Waals surface area contributed by atoms with E-state index >= 15 is 0 Å². The van der Waals surface area contributed by atoms with Gasteiger partial charge in [-0.3, -0.25) is 4.57 Å². The second-order valence-electron chi connectivity index (χ2n) is 5.50. The first-order chi connectivity index (χ1) is 8.99. The topological polar surface area (TPSA) is 38.5 Å².